The maximum atomic E-state index is 12.0. The molecular weight excluding hydrogens is 354 g/mol. The van der Waals surface area contributed by atoms with Crippen LogP contribution in [-0.2, 0) is 4.79 Å². The first kappa shape index (κ1) is 19.2. The van der Waals surface area contributed by atoms with Gasteiger partial charge in [0.05, 0.1) is 18.0 Å². The maximum absolute atomic E-state index is 12.0. The summed E-state index contributed by atoms with van der Waals surface area (Å²) in [5.41, 5.74) is 1.74. The van der Waals surface area contributed by atoms with Gasteiger partial charge in [-0.05, 0) is 62.4 Å². The van der Waals surface area contributed by atoms with E-state index in [2.05, 4.69) is 15.6 Å². The highest BCUT2D eigenvalue weighted by atomic mass is 16.5. The minimum absolute atomic E-state index is 0.0729. The van der Waals surface area contributed by atoms with Crippen LogP contribution < -0.4 is 20.1 Å². The van der Waals surface area contributed by atoms with Crippen molar-refractivity contribution in [2.45, 2.75) is 20.0 Å². The predicted molar refractivity (Wildman–Crippen MR) is 110 cm³/mol. The zero-order valence-electron chi connectivity index (χ0n) is 15.9. The number of nitrogens with one attached hydrogen (secondary N) is 2. The van der Waals surface area contributed by atoms with E-state index in [1.54, 1.807) is 24.4 Å². The molecule has 6 heteroatoms. The summed E-state index contributed by atoms with van der Waals surface area (Å²) >= 11 is 0. The number of hydrogen-bond donors (Lipinski definition) is 2. The number of anilines is 3. The Morgan fingerprint density at radius 3 is 2.29 bits per heavy atom. The van der Waals surface area contributed by atoms with Gasteiger partial charge in [0.25, 0.3) is 5.91 Å². The summed E-state index contributed by atoms with van der Waals surface area (Å²) in [5, 5.41) is 5.97. The van der Waals surface area contributed by atoms with Crippen molar-refractivity contribution in [2.75, 3.05) is 17.2 Å². The van der Waals surface area contributed by atoms with Crippen molar-refractivity contribution >= 4 is 23.1 Å². The molecule has 0 aliphatic heterocycles. The van der Waals surface area contributed by atoms with E-state index in [0.717, 1.165) is 17.1 Å². The summed E-state index contributed by atoms with van der Waals surface area (Å²) in [6.07, 6.45) is 1.80. The van der Waals surface area contributed by atoms with E-state index >= 15 is 0 Å². The van der Waals surface area contributed by atoms with Crippen molar-refractivity contribution in [3.63, 3.8) is 0 Å². The first-order valence-electron chi connectivity index (χ1n) is 9.06. The van der Waals surface area contributed by atoms with Gasteiger partial charge in [0.1, 0.15) is 17.3 Å². The molecule has 0 aliphatic rings. The smallest absolute Gasteiger partial charge is 0.263 e. The second kappa shape index (κ2) is 9.41. The fourth-order valence-electron chi connectivity index (χ4n) is 2.44. The lowest BCUT2D eigenvalue weighted by molar-refractivity contribution is -0.118. The van der Waals surface area contributed by atoms with Crippen LogP contribution in [0.1, 0.15) is 13.8 Å². The van der Waals surface area contributed by atoms with E-state index in [0.29, 0.717) is 11.6 Å². The Balaban J connectivity index is 1.49. The number of rotatable bonds is 8. The highest BCUT2D eigenvalue weighted by Crippen LogP contribution is 2.21. The molecule has 0 radical (unpaired) electrons. The van der Waals surface area contributed by atoms with E-state index in [-0.39, 0.29) is 18.6 Å². The normalized spacial score (nSPS) is 10.4. The summed E-state index contributed by atoms with van der Waals surface area (Å²) in [6, 6.07) is 20.5. The number of nitrogens with zero attached hydrogens (tertiary/aromatic N) is 1. The minimum atomic E-state index is -0.266. The largest absolute Gasteiger partial charge is 0.491 e. The number of carbonyl (C=O) groups excluding carboxylic acids is 1. The summed E-state index contributed by atoms with van der Waals surface area (Å²) in [6.45, 7) is 3.91. The molecule has 0 fully saturated rings. The number of amides is 1. The number of pyridine rings is 1. The Kier molecular flexibility index (Phi) is 6.46. The molecule has 0 bridgehead atoms. The van der Waals surface area contributed by atoms with Gasteiger partial charge in [-0.15, -0.1) is 0 Å². The molecule has 3 aromatic rings. The Morgan fingerprint density at radius 2 is 1.64 bits per heavy atom. The molecule has 1 aromatic heterocycles. The molecule has 2 aromatic carbocycles. The summed E-state index contributed by atoms with van der Waals surface area (Å²) in [7, 11) is 0. The molecule has 0 aliphatic carbocycles. The van der Waals surface area contributed by atoms with Gasteiger partial charge >= 0.3 is 0 Å². The van der Waals surface area contributed by atoms with E-state index in [1.165, 1.54) is 0 Å². The molecule has 6 nitrogen and oxygen atoms in total. The lowest BCUT2D eigenvalue weighted by atomic mass is 10.3. The van der Waals surface area contributed by atoms with Crippen molar-refractivity contribution in [2.24, 2.45) is 0 Å². The third kappa shape index (κ3) is 6.02. The van der Waals surface area contributed by atoms with Crippen molar-refractivity contribution in [3.8, 4) is 11.5 Å². The van der Waals surface area contributed by atoms with Crippen LogP contribution >= 0.6 is 0 Å². The minimum Gasteiger partial charge on any atom is -0.491 e. The van der Waals surface area contributed by atoms with Crippen LogP contribution in [0.4, 0.5) is 17.2 Å². The van der Waals surface area contributed by atoms with E-state index in [4.69, 9.17) is 9.47 Å². The van der Waals surface area contributed by atoms with Gasteiger partial charge < -0.3 is 20.1 Å². The topological polar surface area (TPSA) is 72.5 Å². The quantitative estimate of drug-likeness (QED) is 0.599. The van der Waals surface area contributed by atoms with Gasteiger partial charge in [-0.2, -0.15) is 0 Å². The zero-order valence-corrected chi connectivity index (χ0v) is 15.9. The predicted octanol–water partition coefficient (Wildman–Crippen LogP) is 4.63. The SMILES string of the molecule is CC(C)Oc1ccc(Nc2ccc(NC(=O)COc3ccccc3)nc2)cc1. The number of para-hydroxylation sites is 1. The van der Waals surface area contributed by atoms with E-state index < -0.39 is 0 Å². The van der Waals surface area contributed by atoms with Gasteiger partial charge in [-0.3, -0.25) is 4.79 Å². The standard InChI is InChI=1S/C22H23N3O3/c1-16(2)28-20-11-8-17(9-12-20)24-18-10-13-21(23-14-18)25-22(26)15-27-19-6-4-3-5-7-19/h3-14,16,24H,15H2,1-2H3,(H,23,25,26). The molecule has 3 rings (SSSR count). The zero-order chi connectivity index (χ0) is 19.8. The molecular formula is C22H23N3O3. The third-order valence-corrected chi connectivity index (χ3v) is 3.66. The second-order valence-electron chi connectivity index (χ2n) is 6.40. The van der Waals surface area contributed by atoms with Crippen molar-refractivity contribution in [1.82, 2.24) is 4.98 Å². The van der Waals surface area contributed by atoms with Gasteiger partial charge in [-0.25, -0.2) is 4.98 Å². The lowest BCUT2D eigenvalue weighted by Gasteiger charge is -2.11. The monoisotopic (exact) mass is 377 g/mol. The van der Waals surface area contributed by atoms with Gasteiger partial charge in [0.15, 0.2) is 6.61 Å². The number of ether oxygens (including phenoxy) is 2. The highest BCUT2D eigenvalue weighted by molar-refractivity contribution is 5.91. The Hall–Kier alpha value is -3.54. The summed E-state index contributed by atoms with van der Waals surface area (Å²) in [5.74, 6) is 1.68. The highest BCUT2D eigenvalue weighted by Gasteiger charge is 2.05. The molecule has 0 saturated heterocycles. The van der Waals surface area contributed by atoms with Crippen LogP contribution in [0.25, 0.3) is 0 Å². The van der Waals surface area contributed by atoms with Crippen LogP contribution in [0.3, 0.4) is 0 Å². The fourth-order valence-corrected chi connectivity index (χ4v) is 2.44. The first-order chi connectivity index (χ1) is 13.6. The van der Waals surface area contributed by atoms with Crippen LogP contribution in [0, 0.1) is 0 Å². The molecule has 144 valence electrons. The van der Waals surface area contributed by atoms with Gasteiger partial charge in [0.2, 0.25) is 0 Å². The fraction of sp³-hybridized carbons (Fsp3) is 0.182. The molecule has 0 atom stereocenters. The average Bonchev–Trinajstić information content (AvgIpc) is 2.70. The Labute approximate surface area is 164 Å². The third-order valence-electron chi connectivity index (χ3n) is 3.66. The van der Waals surface area contributed by atoms with Crippen molar-refractivity contribution < 1.29 is 14.3 Å². The number of hydrogen-bond acceptors (Lipinski definition) is 5. The van der Waals surface area contributed by atoms with Crippen molar-refractivity contribution in [3.05, 3.63) is 72.9 Å². The second-order valence-corrected chi connectivity index (χ2v) is 6.40. The first-order valence-corrected chi connectivity index (χ1v) is 9.06. The van der Waals surface area contributed by atoms with Crippen LogP contribution in [0.2, 0.25) is 0 Å². The van der Waals surface area contributed by atoms with Gasteiger partial charge in [0, 0.05) is 5.69 Å². The molecule has 0 unspecified atom stereocenters. The maximum Gasteiger partial charge on any atom is 0.263 e. The van der Waals surface area contributed by atoms with E-state index in [1.807, 2.05) is 62.4 Å². The van der Waals surface area contributed by atoms with E-state index in [9.17, 15) is 4.79 Å². The van der Waals surface area contributed by atoms with Crippen molar-refractivity contribution in [1.29, 1.82) is 0 Å². The van der Waals surface area contributed by atoms with Crippen LogP contribution in [-0.4, -0.2) is 23.6 Å². The molecule has 0 saturated carbocycles. The Bertz CT molecular complexity index is 879. The van der Waals surface area contributed by atoms with Gasteiger partial charge in [-0.1, -0.05) is 18.2 Å². The Morgan fingerprint density at radius 1 is 0.929 bits per heavy atom. The number of carbonyl (C=O) groups is 1. The van der Waals surface area contributed by atoms with Crippen LogP contribution in [0.15, 0.2) is 72.9 Å². The average molecular weight is 377 g/mol. The lowest BCUT2D eigenvalue weighted by Crippen LogP contribution is -2.20. The number of aromatic nitrogens is 1. The molecule has 0 spiro atoms. The molecule has 28 heavy (non-hydrogen) atoms. The number of benzene rings is 2. The summed E-state index contributed by atoms with van der Waals surface area (Å²) in [4.78, 5) is 16.2. The molecule has 1 heterocycles. The molecule has 1 amide bonds. The summed E-state index contributed by atoms with van der Waals surface area (Å²) < 4.78 is 11.0. The molecule has 2 N–H and O–H groups in total. The van der Waals surface area contributed by atoms with Crippen LogP contribution in [0.5, 0.6) is 11.5 Å².